The van der Waals surface area contributed by atoms with Crippen LogP contribution in [0.1, 0.15) is 29.5 Å². The minimum Gasteiger partial charge on any atom is -0.495 e. The molecule has 0 atom stereocenters. The molecule has 0 saturated heterocycles. The third-order valence-electron chi connectivity index (χ3n) is 3.79. The van der Waals surface area contributed by atoms with Crippen LogP contribution in [0.15, 0.2) is 48.7 Å². The molecule has 0 spiro atoms. The van der Waals surface area contributed by atoms with Gasteiger partial charge in [-0.3, -0.25) is 0 Å². The average molecular weight is 304 g/mol. The highest BCUT2D eigenvalue weighted by atomic mass is 16.5. The van der Waals surface area contributed by atoms with E-state index in [-0.39, 0.29) is 0 Å². The van der Waals surface area contributed by atoms with Crippen molar-refractivity contribution in [3.63, 3.8) is 0 Å². The van der Waals surface area contributed by atoms with Crippen molar-refractivity contribution < 1.29 is 4.74 Å². The second-order valence-corrected chi connectivity index (χ2v) is 5.35. The molecule has 116 valence electrons. The number of hydrogen-bond acceptors (Lipinski definition) is 3. The second-order valence-electron chi connectivity index (χ2n) is 5.35. The average Bonchev–Trinajstić information content (AvgIpc) is 2.62. The molecular formula is C20H20N2O. The van der Waals surface area contributed by atoms with Crippen molar-refractivity contribution in [3.05, 3.63) is 65.4 Å². The predicted octanol–water partition coefficient (Wildman–Crippen LogP) is 3.97. The Hall–Kier alpha value is -2.86. The second kappa shape index (κ2) is 7.42. The number of nitrogens with one attached hydrogen (secondary N) is 2. The van der Waals surface area contributed by atoms with E-state index in [2.05, 4.69) is 47.0 Å². The molecule has 1 aliphatic rings. The van der Waals surface area contributed by atoms with E-state index in [0.717, 1.165) is 41.8 Å². The number of hydrogen-bond donors (Lipinski definition) is 2. The number of benzene rings is 2. The first-order valence-electron chi connectivity index (χ1n) is 7.80. The van der Waals surface area contributed by atoms with Gasteiger partial charge in [0.15, 0.2) is 0 Å². The Morgan fingerprint density at radius 2 is 1.96 bits per heavy atom. The molecule has 1 aliphatic heterocycles. The number of rotatable bonds is 4. The Kier molecular flexibility index (Phi) is 4.85. The van der Waals surface area contributed by atoms with Crippen LogP contribution in [0, 0.1) is 11.8 Å². The molecule has 3 heteroatoms. The maximum Gasteiger partial charge on any atom is 0.135 e. The van der Waals surface area contributed by atoms with Crippen LogP contribution in [0.25, 0.3) is 6.08 Å². The van der Waals surface area contributed by atoms with E-state index in [0.29, 0.717) is 0 Å². The summed E-state index contributed by atoms with van der Waals surface area (Å²) in [4.78, 5) is 0. The van der Waals surface area contributed by atoms with Gasteiger partial charge in [0.25, 0.3) is 0 Å². The van der Waals surface area contributed by atoms with E-state index in [4.69, 9.17) is 4.74 Å². The fourth-order valence-corrected chi connectivity index (χ4v) is 2.60. The number of unbranched alkanes of at least 4 members (excludes halogenated alkanes) is 1. The van der Waals surface area contributed by atoms with Gasteiger partial charge in [-0.1, -0.05) is 42.2 Å². The zero-order valence-corrected chi connectivity index (χ0v) is 13.2. The fraction of sp³-hybridized carbons (Fsp3) is 0.200. The summed E-state index contributed by atoms with van der Waals surface area (Å²) in [5, 5.41) is 0. The zero-order chi connectivity index (χ0) is 15.9. The maximum atomic E-state index is 5.45. The molecule has 3 nitrogen and oxygen atoms in total. The number of fused-ring (bicyclic) bond motifs is 1. The Bertz CT molecular complexity index is 754. The summed E-state index contributed by atoms with van der Waals surface area (Å²) in [6, 6.07) is 14.5. The van der Waals surface area contributed by atoms with Crippen molar-refractivity contribution >= 4 is 11.8 Å². The molecule has 0 amide bonds. The predicted molar refractivity (Wildman–Crippen MR) is 95.0 cm³/mol. The molecule has 1 heterocycles. The molecule has 0 bridgehead atoms. The van der Waals surface area contributed by atoms with E-state index in [1.165, 1.54) is 5.56 Å². The summed E-state index contributed by atoms with van der Waals surface area (Å²) in [7, 11) is 1.68. The number of aryl methyl sites for hydroxylation is 1. The van der Waals surface area contributed by atoms with Gasteiger partial charge in [-0.25, -0.2) is 0 Å². The van der Waals surface area contributed by atoms with Crippen LogP contribution in [0.5, 0.6) is 5.75 Å². The lowest BCUT2D eigenvalue weighted by molar-refractivity contribution is 0.413. The normalized spacial score (nSPS) is 11.5. The Morgan fingerprint density at radius 1 is 1.09 bits per heavy atom. The molecule has 0 aromatic heterocycles. The molecule has 23 heavy (non-hydrogen) atoms. The summed E-state index contributed by atoms with van der Waals surface area (Å²) in [6.45, 7) is 0. The molecule has 3 rings (SSSR count). The molecule has 0 unspecified atom stereocenters. The van der Waals surface area contributed by atoms with Gasteiger partial charge in [0.05, 0.1) is 18.4 Å². The first-order chi connectivity index (χ1) is 11.4. The highest BCUT2D eigenvalue weighted by Gasteiger charge is 2.12. The van der Waals surface area contributed by atoms with Crippen LogP contribution in [0.2, 0.25) is 0 Å². The first-order valence-corrected chi connectivity index (χ1v) is 7.80. The molecule has 0 radical (unpaired) electrons. The van der Waals surface area contributed by atoms with Gasteiger partial charge in [-0.05, 0) is 36.6 Å². The summed E-state index contributed by atoms with van der Waals surface area (Å²) in [5.41, 5.74) is 10.5. The third-order valence-corrected chi connectivity index (χ3v) is 3.79. The maximum absolute atomic E-state index is 5.45. The Balaban J connectivity index is 1.70. The molecule has 0 saturated carbocycles. The number of methoxy groups -OCH3 is 1. The molecule has 2 aromatic rings. The van der Waals surface area contributed by atoms with Crippen LogP contribution < -0.4 is 15.6 Å². The molecule has 2 N–H and O–H groups in total. The van der Waals surface area contributed by atoms with E-state index in [9.17, 15) is 0 Å². The molecule has 0 aliphatic carbocycles. The molecule has 0 fully saturated rings. The van der Waals surface area contributed by atoms with Gasteiger partial charge >= 0.3 is 0 Å². The number of ether oxygens (including phenoxy) is 1. The Labute approximate surface area is 137 Å². The van der Waals surface area contributed by atoms with E-state index in [1.54, 1.807) is 7.11 Å². The highest BCUT2D eigenvalue weighted by molar-refractivity contribution is 5.77. The lowest BCUT2D eigenvalue weighted by Gasteiger charge is -2.17. The van der Waals surface area contributed by atoms with Crippen LogP contribution in [-0.4, -0.2) is 7.11 Å². The highest BCUT2D eigenvalue weighted by Crippen LogP contribution is 2.30. The van der Waals surface area contributed by atoms with Gasteiger partial charge < -0.3 is 15.6 Å². The SMILES string of the molecule is COc1ccc2c(c1C#CCCCc1ccccc1)C=CNN2. The summed E-state index contributed by atoms with van der Waals surface area (Å²) >= 11 is 0. The first kappa shape index (κ1) is 15.1. The Morgan fingerprint density at radius 3 is 2.78 bits per heavy atom. The lowest BCUT2D eigenvalue weighted by atomic mass is 10.0. The fourth-order valence-electron chi connectivity index (χ4n) is 2.60. The van der Waals surface area contributed by atoms with E-state index >= 15 is 0 Å². The standard InChI is InChI=1S/C20H20N2O/c1-23-20-13-12-19-17(14-15-21-22-19)18(20)11-7-3-6-10-16-8-4-2-5-9-16/h2,4-5,8-9,12-15,21-22H,3,6,10H2,1H3. The molecular weight excluding hydrogens is 284 g/mol. The summed E-state index contributed by atoms with van der Waals surface area (Å²) in [6.07, 6.45) is 6.87. The molecule has 2 aromatic carbocycles. The van der Waals surface area contributed by atoms with Gasteiger partial charge in [0.1, 0.15) is 5.75 Å². The number of hydrazine groups is 1. The number of anilines is 1. The van der Waals surface area contributed by atoms with Crippen molar-refractivity contribution in [2.75, 3.05) is 12.5 Å². The van der Waals surface area contributed by atoms with Crippen molar-refractivity contribution in [1.29, 1.82) is 0 Å². The largest absolute Gasteiger partial charge is 0.495 e. The topological polar surface area (TPSA) is 33.3 Å². The van der Waals surface area contributed by atoms with Crippen LogP contribution in [0.3, 0.4) is 0 Å². The van der Waals surface area contributed by atoms with Gasteiger partial charge in [0, 0.05) is 18.2 Å². The zero-order valence-electron chi connectivity index (χ0n) is 13.2. The van der Waals surface area contributed by atoms with Gasteiger partial charge in [-0.15, -0.1) is 0 Å². The van der Waals surface area contributed by atoms with Crippen molar-refractivity contribution in [2.24, 2.45) is 0 Å². The summed E-state index contributed by atoms with van der Waals surface area (Å²) in [5.74, 6) is 7.38. The lowest BCUT2D eigenvalue weighted by Crippen LogP contribution is -2.18. The van der Waals surface area contributed by atoms with Gasteiger partial charge in [0.2, 0.25) is 0 Å². The van der Waals surface area contributed by atoms with E-state index in [1.807, 2.05) is 30.5 Å². The van der Waals surface area contributed by atoms with E-state index < -0.39 is 0 Å². The van der Waals surface area contributed by atoms with Crippen molar-refractivity contribution in [2.45, 2.75) is 19.3 Å². The van der Waals surface area contributed by atoms with Crippen molar-refractivity contribution in [3.8, 4) is 17.6 Å². The monoisotopic (exact) mass is 304 g/mol. The minimum atomic E-state index is 0.813. The van der Waals surface area contributed by atoms with Crippen LogP contribution in [0.4, 0.5) is 5.69 Å². The smallest absolute Gasteiger partial charge is 0.135 e. The van der Waals surface area contributed by atoms with Gasteiger partial charge in [-0.2, -0.15) is 0 Å². The quantitative estimate of drug-likeness (QED) is 0.662. The van der Waals surface area contributed by atoms with Crippen molar-refractivity contribution in [1.82, 2.24) is 5.43 Å². The van der Waals surface area contributed by atoms with Crippen LogP contribution >= 0.6 is 0 Å². The summed E-state index contributed by atoms with van der Waals surface area (Å²) < 4.78 is 5.45. The minimum absolute atomic E-state index is 0.813. The van der Waals surface area contributed by atoms with Crippen LogP contribution in [-0.2, 0) is 6.42 Å². The third kappa shape index (κ3) is 3.67.